The van der Waals surface area contributed by atoms with Crippen molar-refractivity contribution in [2.75, 3.05) is 26.2 Å². The third kappa shape index (κ3) is 4.66. The Morgan fingerprint density at radius 2 is 1.61 bits per heavy atom. The molecule has 0 aromatic heterocycles. The quantitative estimate of drug-likeness (QED) is 0.319. The summed E-state index contributed by atoms with van der Waals surface area (Å²) in [6.45, 7) is 1.17. The third-order valence-corrected chi connectivity index (χ3v) is 7.97. The largest absolute Gasteiger partial charge is 0.462 e. The number of ether oxygens (including phenoxy) is 1. The van der Waals surface area contributed by atoms with Gasteiger partial charge in [0.25, 0.3) is 11.8 Å². The van der Waals surface area contributed by atoms with Crippen molar-refractivity contribution >= 4 is 39.4 Å². The fourth-order valence-corrected chi connectivity index (χ4v) is 5.69. The van der Waals surface area contributed by atoms with Gasteiger partial charge in [0, 0.05) is 19.6 Å². The molecule has 0 saturated carbocycles. The summed E-state index contributed by atoms with van der Waals surface area (Å²) in [6, 6.07) is 10.7. The average Bonchev–Trinajstić information content (AvgIpc) is 3.43. The number of benzene rings is 2. The number of hydrogen-bond acceptors (Lipinski definition) is 6. The summed E-state index contributed by atoms with van der Waals surface area (Å²) in [7, 11) is -3.69. The van der Waals surface area contributed by atoms with Crippen LogP contribution in [0.15, 0.2) is 47.4 Å². The minimum Gasteiger partial charge on any atom is -0.462 e. The highest BCUT2D eigenvalue weighted by atomic mass is 35.5. The van der Waals surface area contributed by atoms with Crippen molar-refractivity contribution in [2.45, 2.75) is 30.6 Å². The van der Waals surface area contributed by atoms with Gasteiger partial charge in [0.2, 0.25) is 10.0 Å². The molecule has 2 aliphatic heterocycles. The first kappa shape index (κ1) is 23.4. The van der Waals surface area contributed by atoms with E-state index in [0.29, 0.717) is 37.1 Å². The van der Waals surface area contributed by atoms with Crippen LogP contribution < -0.4 is 0 Å². The van der Waals surface area contributed by atoms with Gasteiger partial charge in [-0.1, -0.05) is 23.7 Å². The number of amides is 2. The van der Waals surface area contributed by atoms with Crippen LogP contribution in [-0.2, 0) is 14.8 Å². The van der Waals surface area contributed by atoms with Crippen molar-refractivity contribution in [1.29, 1.82) is 0 Å². The molecule has 2 aromatic carbocycles. The summed E-state index contributed by atoms with van der Waals surface area (Å²) < 4.78 is 32.2. The molecule has 0 atom stereocenters. The summed E-state index contributed by atoms with van der Waals surface area (Å²) in [5.41, 5.74) is 0.775. The number of rotatable bonds is 8. The fourth-order valence-electron chi connectivity index (χ4n) is 3.96. The van der Waals surface area contributed by atoms with E-state index in [9.17, 15) is 22.8 Å². The number of halogens is 1. The molecule has 0 radical (unpaired) electrons. The first-order valence-electron chi connectivity index (χ1n) is 10.7. The van der Waals surface area contributed by atoms with Gasteiger partial charge in [-0.3, -0.25) is 14.5 Å². The molecule has 10 heteroatoms. The SMILES string of the molecule is O=C(OCCCCN1C(=O)c2ccccc2C1=O)c1cc(S(=O)(=O)N2CCCC2)ccc1Cl. The van der Waals surface area contributed by atoms with E-state index in [0.717, 1.165) is 12.8 Å². The third-order valence-electron chi connectivity index (χ3n) is 5.75. The highest BCUT2D eigenvalue weighted by Crippen LogP contribution is 2.26. The van der Waals surface area contributed by atoms with E-state index in [4.69, 9.17) is 16.3 Å². The first-order chi connectivity index (χ1) is 15.8. The van der Waals surface area contributed by atoms with Crippen LogP contribution in [0.1, 0.15) is 56.8 Å². The maximum absolute atomic E-state index is 12.8. The minimum absolute atomic E-state index is 0.00590. The zero-order valence-electron chi connectivity index (χ0n) is 17.8. The Morgan fingerprint density at radius 1 is 0.970 bits per heavy atom. The molecule has 0 bridgehead atoms. The van der Waals surface area contributed by atoms with Gasteiger partial charge in [-0.2, -0.15) is 4.31 Å². The van der Waals surface area contributed by atoms with E-state index in [1.807, 2.05) is 0 Å². The van der Waals surface area contributed by atoms with Gasteiger partial charge in [0.15, 0.2) is 0 Å². The molecule has 2 heterocycles. The number of fused-ring (bicyclic) bond motifs is 1. The molecule has 2 amide bonds. The summed E-state index contributed by atoms with van der Waals surface area (Å²) in [5, 5.41) is 0.103. The van der Waals surface area contributed by atoms with Crippen LogP contribution in [0.25, 0.3) is 0 Å². The second kappa shape index (κ2) is 9.62. The average molecular weight is 491 g/mol. The van der Waals surface area contributed by atoms with E-state index in [1.165, 1.54) is 27.4 Å². The number of unbranched alkanes of at least 4 members (excludes halogenated alkanes) is 1. The van der Waals surface area contributed by atoms with Gasteiger partial charge in [-0.25, -0.2) is 13.2 Å². The number of hydrogen-bond donors (Lipinski definition) is 0. The van der Waals surface area contributed by atoms with Crippen molar-refractivity contribution < 1.29 is 27.5 Å². The number of nitrogens with zero attached hydrogens (tertiary/aromatic N) is 2. The van der Waals surface area contributed by atoms with Crippen LogP contribution in [0.3, 0.4) is 0 Å². The Balaban J connectivity index is 1.31. The molecule has 33 heavy (non-hydrogen) atoms. The number of esters is 1. The van der Waals surface area contributed by atoms with Crippen LogP contribution in [0.2, 0.25) is 5.02 Å². The fraction of sp³-hybridized carbons (Fsp3) is 0.348. The Bertz CT molecular complexity index is 1170. The summed E-state index contributed by atoms with van der Waals surface area (Å²) in [6.07, 6.45) is 2.49. The number of sulfonamides is 1. The number of imide groups is 1. The molecule has 174 valence electrons. The van der Waals surface area contributed by atoms with Gasteiger partial charge >= 0.3 is 5.97 Å². The normalized spacial score (nSPS) is 16.3. The maximum Gasteiger partial charge on any atom is 0.339 e. The van der Waals surface area contributed by atoms with Crippen molar-refractivity contribution in [3.8, 4) is 0 Å². The molecular formula is C23H23ClN2O6S. The van der Waals surface area contributed by atoms with E-state index >= 15 is 0 Å². The smallest absolute Gasteiger partial charge is 0.339 e. The van der Waals surface area contributed by atoms with Gasteiger partial charge in [0.1, 0.15) is 0 Å². The number of carbonyl (C=O) groups is 3. The molecule has 8 nitrogen and oxygen atoms in total. The van der Waals surface area contributed by atoms with Crippen LogP contribution in [0, 0.1) is 0 Å². The predicted octanol–water partition coefficient (Wildman–Crippen LogP) is 3.36. The second-order valence-electron chi connectivity index (χ2n) is 7.90. The van der Waals surface area contributed by atoms with E-state index in [-0.39, 0.29) is 40.4 Å². The lowest BCUT2D eigenvalue weighted by Crippen LogP contribution is -2.30. The topological polar surface area (TPSA) is 101 Å². The summed E-state index contributed by atoms with van der Waals surface area (Å²) in [4.78, 5) is 38.4. The van der Waals surface area contributed by atoms with Gasteiger partial charge in [0.05, 0.1) is 33.2 Å². The van der Waals surface area contributed by atoms with Gasteiger partial charge in [-0.15, -0.1) is 0 Å². The van der Waals surface area contributed by atoms with Crippen molar-refractivity contribution in [2.24, 2.45) is 0 Å². The minimum atomic E-state index is -3.69. The Kier molecular flexibility index (Phi) is 6.83. The second-order valence-corrected chi connectivity index (χ2v) is 10.2. The molecule has 0 unspecified atom stereocenters. The van der Waals surface area contributed by atoms with Crippen molar-refractivity contribution in [3.05, 3.63) is 64.2 Å². The Morgan fingerprint density at radius 3 is 2.24 bits per heavy atom. The molecule has 0 N–H and O–H groups in total. The zero-order chi connectivity index (χ0) is 23.6. The highest BCUT2D eigenvalue weighted by molar-refractivity contribution is 7.89. The predicted molar refractivity (Wildman–Crippen MR) is 121 cm³/mol. The van der Waals surface area contributed by atoms with Crippen LogP contribution >= 0.6 is 11.6 Å². The lowest BCUT2D eigenvalue weighted by Gasteiger charge is -2.16. The van der Waals surface area contributed by atoms with E-state index in [1.54, 1.807) is 24.3 Å². The molecule has 0 aliphatic carbocycles. The van der Waals surface area contributed by atoms with Gasteiger partial charge in [-0.05, 0) is 56.0 Å². The zero-order valence-corrected chi connectivity index (χ0v) is 19.4. The first-order valence-corrected chi connectivity index (χ1v) is 12.5. The van der Waals surface area contributed by atoms with Gasteiger partial charge < -0.3 is 4.74 Å². The molecule has 2 aromatic rings. The monoisotopic (exact) mass is 490 g/mol. The van der Waals surface area contributed by atoms with Crippen molar-refractivity contribution in [3.63, 3.8) is 0 Å². The van der Waals surface area contributed by atoms with E-state index in [2.05, 4.69) is 0 Å². The maximum atomic E-state index is 12.8. The Hall–Kier alpha value is -2.75. The number of carbonyl (C=O) groups excluding carboxylic acids is 3. The summed E-state index contributed by atoms with van der Waals surface area (Å²) in [5.74, 6) is -1.37. The summed E-state index contributed by atoms with van der Waals surface area (Å²) >= 11 is 6.11. The Labute approximate surface area is 197 Å². The highest BCUT2D eigenvalue weighted by Gasteiger charge is 2.34. The molecule has 2 aliphatic rings. The van der Waals surface area contributed by atoms with Crippen LogP contribution in [0.4, 0.5) is 0 Å². The molecule has 1 fully saturated rings. The standard InChI is InChI=1S/C23H23ClN2O6S/c24-20-10-9-16(33(30,31)25-11-3-4-12-25)15-19(20)23(29)32-14-6-5-13-26-21(27)17-7-1-2-8-18(17)22(26)28/h1-2,7-10,15H,3-6,11-14H2. The lowest BCUT2D eigenvalue weighted by molar-refractivity contribution is 0.0485. The van der Waals surface area contributed by atoms with E-state index < -0.39 is 16.0 Å². The molecule has 4 rings (SSSR count). The molecular weight excluding hydrogens is 468 g/mol. The lowest BCUT2D eigenvalue weighted by atomic mass is 10.1. The van der Waals surface area contributed by atoms with Crippen LogP contribution in [0.5, 0.6) is 0 Å². The molecule has 0 spiro atoms. The van der Waals surface area contributed by atoms with Crippen molar-refractivity contribution in [1.82, 2.24) is 9.21 Å². The van der Waals surface area contributed by atoms with Crippen LogP contribution in [-0.4, -0.2) is 61.6 Å². The molecule has 1 saturated heterocycles.